The highest BCUT2D eigenvalue weighted by molar-refractivity contribution is 4.73. The van der Waals surface area contributed by atoms with E-state index in [0.29, 0.717) is 0 Å². The molecule has 0 aromatic carbocycles. The summed E-state index contributed by atoms with van der Waals surface area (Å²) < 4.78 is 11.4. The lowest BCUT2D eigenvalue weighted by Crippen LogP contribution is -2.29. The zero-order chi connectivity index (χ0) is 9.57. The number of rotatable bonds is 6. The lowest BCUT2D eigenvalue weighted by Gasteiger charge is -2.26. The average molecular weight is 186 g/mol. The molecular formula is C11H22O2. The first-order valence-electron chi connectivity index (χ1n) is 5.61. The van der Waals surface area contributed by atoms with E-state index in [0.717, 1.165) is 32.5 Å². The molecule has 0 aromatic rings. The zero-order valence-corrected chi connectivity index (χ0v) is 8.97. The third-order valence-corrected chi connectivity index (χ3v) is 2.61. The minimum atomic E-state index is -0.204. The predicted molar refractivity (Wildman–Crippen MR) is 53.7 cm³/mol. The van der Waals surface area contributed by atoms with Crippen LogP contribution in [0.15, 0.2) is 0 Å². The third-order valence-electron chi connectivity index (χ3n) is 2.61. The highest BCUT2D eigenvalue weighted by atomic mass is 16.7. The number of hydrogen-bond donors (Lipinski definition) is 0. The van der Waals surface area contributed by atoms with E-state index in [-0.39, 0.29) is 5.79 Å². The minimum absolute atomic E-state index is 0.204. The Morgan fingerprint density at radius 1 is 0.923 bits per heavy atom. The monoisotopic (exact) mass is 186 g/mol. The summed E-state index contributed by atoms with van der Waals surface area (Å²) in [5.74, 6) is -0.204. The van der Waals surface area contributed by atoms with Gasteiger partial charge in [0.25, 0.3) is 0 Å². The van der Waals surface area contributed by atoms with Crippen LogP contribution < -0.4 is 0 Å². The maximum Gasteiger partial charge on any atom is 0.168 e. The Labute approximate surface area is 81.6 Å². The molecule has 0 spiro atoms. The van der Waals surface area contributed by atoms with Crippen LogP contribution in [0.3, 0.4) is 0 Å². The van der Waals surface area contributed by atoms with Gasteiger partial charge < -0.3 is 9.47 Å². The van der Waals surface area contributed by atoms with Crippen LogP contribution in [0.25, 0.3) is 0 Å². The van der Waals surface area contributed by atoms with Crippen LogP contribution in [0.1, 0.15) is 52.4 Å². The van der Waals surface area contributed by atoms with Gasteiger partial charge in [0.15, 0.2) is 5.79 Å². The van der Waals surface area contributed by atoms with Crippen LogP contribution in [-0.2, 0) is 9.47 Å². The maximum atomic E-state index is 5.71. The van der Waals surface area contributed by atoms with Crippen molar-refractivity contribution >= 4 is 0 Å². The second kappa shape index (κ2) is 5.61. The summed E-state index contributed by atoms with van der Waals surface area (Å²) in [5.41, 5.74) is 0. The largest absolute Gasteiger partial charge is 0.348 e. The fourth-order valence-corrected chi connectivity index (χ4v) is 1.94. The summed E-state index contributed by atoms with van der Waals surface area (Å²) in [6, 6.07) is 0. The van der Waals surface area contributed by atoms with Crippen molar-refractivity contribution in [3.8, 4) is 0 Å². The van der Waals surface area contributed by atoms with Crippen molar-refractivity contribution in [3.05, 3.63) is 0 Å². The topological polar surface area (TPSA) is 18.5 Å². The maximum absolute atomic E-state index is 5.71. The minimum Gasteiger partial charge on any atom is -0.348 e. The lowest BCUT2D eigenvalue weighted by atomic mass is 10.0. The summed E-state index contributed by atoms with van der Waals surface area (Å²) >= 11 is 0. The average Bonchev–Trinajstić information content (AvgIpc) is 2.55. The van der Waals surface area contributed by atoms with Crippen LogP contribution in [0.2, 0.25) is 0 Å². The molecule has 0 aromatic heterocycles. The van der Waals surface area contributed by atoms with Crippen LogP contribution >= 0.6 is 0 Å². The normalized spacial score (nSPS) is 20.8. The molecule has 2 nitrogen and oxygen atoms in total. The van der Waals surface area contributed by atoms with E-state index in [9.17, 15) is 0 Å². The SMILES string of the molecule is CCCCCC1(CCC)OCCO1. The Balaban J connectivity index is 2.28. The molecule has 0 bridgehead atoms. The van der Waals surface area contributed by atoms with E-state index in [1.165, 1.54) is 19.3 Å². The van der Waals surface area contributed by atoms with E-state index in [4.69, 9.17) is 9.47 Å². The molecule has 0 saturated carbocycles. The van der Waals surface area contributed by atoms with Gasteiger partial charge in [0.05, 0.1) is 13.2 Å². The first-order chi connectivity index (χ1) is 6.33. The van der Waals surface area contributed by atoms with Gasteiger partial charge in [0.1, 0.15) is 0 Å². The molecule has 0 unspecified atom stereocenters. The molecule has 0 radical (unpaired) electrons. The zero-order valence-electron chi connectivity index (χ0n) is 8.97. The Bertz CT molecular complexity index is 128. The van der Waals surface area contributed by atoms with Crippen LogP contribution in [-0.4, -0.2) is 19.0 Å². The first kappa shape index (κ1) is 11.0. The Morgan fingerprint density at radius 2 is 1.62 bits per heavy atom. The highest BCUT2D eigenvalue weighted by Gasteiger charge is 2.34. The van der Waals surface area contributed by atoms with Gasteiger partial charge >= 0.3 is 0 Å². The van der Waals surface area contributed by atoms with E-state index in [1.807, 2.05) is 0 Å². The van der Waals surface area contributed by atoms with E-state index in [1.54, 1.807) is 0 Å². The summed E-state index contributed by atoms with van der Waals surface area (Å²) in [6.45, 7) is 5.98. The van der Waals surface area contributed by atoms with Gasteiger partial charge in [-0.05, 0) is 6.42 Å². The molecule has 1 aliphatic rings. The van der Waals surface area contributed by atoms with Crippen molar-refractivity contribution in [1.29, 1.82) is 0 Å². The Hall–Kier alpha value is -0.0800. The summed E-state index contributed by atoms with van der Waals surface area (Å²) in [7, 11) is 0. The summed E-state index contributed by atoms with van der Waals surface area (Å²) in [5, 5.41) is 0. The molecule has 1 heterocycles. The van der Waals surface area contributed by atoms with Crippen molar-refractivity contribution in [2.24, 2.45) is 0 Å². The smallest absolute Gasteiger partial charge is 0.168 e. The van der Waals surface area contributed by atoms with Gasteiger partial charge in [-0.3, -0.25) is 0 Å². The molecule has 0 N–H and O–H groups in total. The Morgan fingerprint density at radius 3 is 2.15 bits per heavy atom. The second-order valence-corrected chi connectivity index (χ2v) is 3.81. The second-order valence-electron chi connectivity index (χ2n) is 3.81. The van der Waals surface area contributed by atoms with E-state index in [2.05, 4.69) is 13.8 Å². The quantitative estimate of drug-likeness (QED) is 0.593. The lowest BCUT2D eigenvalue weighted by molar-refractivity contribution is -0.167. The molecule has 0 amide bonds. The van der Waals surface area contributed by atoms with Crippen LogP contribution in [0.5, 0.6) is 0 Å². The predicted octanol–water partition coefficient (Wildman–Crippen LogP) is 3.11. The van der Waals surface area contributed by atoms with E-state index >= 15 is 0 Å². The van der Waals surface area contributed by atoms with Crippen molar-refractivity contribution in [1.82, 2.24) is 0 Å². The van der Waals surface area contributed by atoms with Crippen LogP contribution in [0, 0.1) is 0 Å². The standard InChI is InChI=1S/C11H22O2/c1-3-5-6-8-11(7-4-2)12-9-10-13-11/h3-10H2,1-2H3. The van der Waals surface area contributed by atoms with Crippen LogP contribution in [0.4, 0.5) is 0 Å². The molecule has 0 aliphatic carbocycles. The Kier molecular flexibility index (Phi) is 4.74. The van der Waals surface area contributed by atoms with Gasteiger partial charge in [-0.15, -0.1) is 0 Å². The van der Waals surface area contributed by atoms with Crippen molar-refractivity contribution in [3.63, 3.8) is 0 Å². The molecule has 0 atom stereocenters. The van der Waals surface area contributed by atoms with E-state index < -0.39 is 0 Å². The van der Waals surface area contributed by atoms with Gasteiger partial charge in [-0.2, -0.15) is 0 Å². The fraction of sp³-hybridized carbons (Fsp3) is 1.00. The molecule has 2 heteroatoms. The molecular weight excluding hydrogens is 164 g/mol. The first-order valence-corrected chi connectivity index (χ1v) is 5.61. The van der Waals surface area contributed by atoms with Crippen molar-refractivity contribution in [2.45, 2.75) is 58.2 Å². The molecule has 13 heavy (non-hydrogen) atoms. The highest BCUT2D eigenvalue weighted by Crippen LogP contribution is 2.30. The molecule has 78 valence electrons. The van der Waals surface area contributed by atoms with Gasteiger partial charge in [-0.25, -0.2) is 0 Å². The number of unbranched alkanes of at least 4 members (excludes halogenated alkanes) is 2. The van der Waals surface area contributed by atoms with Crippen molar-refractivity contribution in [2.75, 3.05) is 13.2 Å². The molecule has 1 aliphatic heterocycles. The number of ether oxygens (including phenoxy) is 2. The summed E-state index contributed by atoms with van der Waals surface area (Å²) in [4.78, 5) is 0. The molecule has 1 saturated heterocycles. The van der Waals surface area contributed by atoms with Gasteiger partial charge in [0.2, 0.25) is 0 Å². The summed E-state index contributed by atoms with van der Waals surface area (Å²) in [6.07, 6.45) is 7.06. The van der Waals surface area contributed by atoms with Gasteiger partial charge in [-0.1, -0.05) is 33.1 Å². The van der Waals surface area contributed by atoms with Gasteiger partial charge in [0, 0.05) is 12.8 Å². The number of hydrogen-bond acceptors (Lipinski definition) is 2. The molecule has 1 rings (SSSR count). The third kappa shape index (κ3) is 3.28. The van der Waals surface area contributed by atoms with Crippen molar-refractivity contribution < 1.29 is 9.47 Å². The molecule has 1 fully saturated rings. The fourth-order valence-electron chi connectivity index (χ4n) is 1.94.